The number of nitrogens with zero attached hydrogens (tertiary/aromatic N) is 1. The minimum atomic E-state index is -0.141. The molecule has 1 heterocycles. The fourth-order valence-electron chi connectivity index (χ4n) is 3.38. The average Bonchev–Trinajstić information content (AvgIpc) is 3.07. The fraction of sp³-hybridized carbons (Fsp3) is 0.438. The van der Waals surface area contributed by atoms with Crippen LogP contribution in [0.4, 0.5) is 0 Å². The van der Waals surface area contributed by atoms with Crippen LogP contribution in [0.3, 0.4) is 0 Å². The van der Waals surface area contributed by atoms with E-state index in [0.717, 1.165) is 25.5 Å². The summed E-state index contributed by atoms with van der Waals surface area (Å²) in [7, 11) is 1.53. The van der Waals surface area contributed by atoms with E-state index in [0.29, 0.717) is 16.9 Å². The quantitative estimate of drug-likeness (QED) is 0.625. The summed E-state index contributed by atoms with van der Waals surface area (Å²) in [5, 5.41) is 0. The van der Waals surface area contributed by atoms with Gasteiger partial charge in [0.1, 0.15) is 12.0 Å². The van der Waals surface area contributed by atoms with E-state index in [-0.39, 0.29) is 30.2 Å². The second kappa shape index (κ2) is 5.31. The maximum atomic E-state index is 12.4. The smallest absolute Gasteiger partial charge is 0.233 e. The number of imide groups is 1. The van der Waals surface area contributed by atoms with Gasteiger partial charge in [0.25, 0.3) is 0 Å². The number of ether oxygens (including phenoxy) is 1. The molecular weight excluding hydrogens is 270 g/mol. The van der Waals surface area contributed by atoms with Crippen LogP contribution in [0.1, 0.15) is 35.2 Å². The molecule has 0 spiro atoms. The summed E-state index contributed by atoms with van der Waals surface area (Å²) in [4.78, 5) is 36.9. The first kappa shape index (κ1) is 13.8. The first-order valence-corrected chi connectivity index (χ1v) is 7.13. The van der Waals surface area contributed by atoms with Gasteiger partial charge in [-0.05, 0) is 31.0 Å². The molecule has 1 aliphatic carbocycles. The van der Waals surface area contributed by atoms with E-state index in [1.54, 1.807) is 18.2 Å². The number of fused-ring (bicyclic) bond motifs is 1. The third kappa shape index (κ3) is 2.22. The molecular formula is C16H17NO4. The van der Waals surface area contributed by atoms with Gasteiger partial charge < -0.3 is 4.74 Å². The van der Waals surface area contributed by atoms with Gasteiger partial charge in [-0.1, -0.05) is 6.42 Å². The Kier molecular flexibility index (Phi) is 3.49. The molecule has 2 aliphatic rings. The molecule has 1 aromatic rings. The van der Waals surface area contributed by atoms with Gasteiger partial charge in [0.2, 0.25) is 11.8 Å². The molecule has 1 aromatic carbocycles. The van der Waals surface area contributed by atoms with Crippen molar-refractivity contribution in [1.29, 1.82) is 0 Å². The Morgan fingerprint density at radius 2 is 1.90 bits per heavy atom. The van der Waals surface area contributed by atoms with E-state index < -0.39 is 0 Å². The molecule has 1 saturated carbocycles. The maximum absolute atomic E-state index is 12.4. The average molecular weight is 287 g/mol. The van der Waals surface area contributed by atoms with Crippen molar-refractivity contribution in [3.05, 3.63) is 29.3 Å². The summed E-state index contributed by atoms with van der Waals surface area (Å²) >= 11 is 0. The van der Waals surface area contributed by atoms with Crippen molar-refractivity contribution in [2.45, 2.75) is 25.8 Å². The van der Waals surface area contributed by atoms with E-state index in [9.17, 15) is 14.4 Å². The number of amides is 2. The molecule has 2 unspecified atom stereocenters. The lowest BCUT2D eigenvalue weighted by molar-refractivity contribution is -0.141. The number of hydrogen-bond donors (Lipinski definition) is 0. The van der Waals surface area contributed by atoms with Gasteiger partial charge in [-0.15, -0.1) is 0 Å². The predicted octanol–water partition coefficient (Wildman–Crippen LogP) is 1.79. The second-order valence-corrected chi connectivity index (χ2v) is 5.60. The van der Waals surface area contributed by atoms with Crippen molar-refractivity contribution < 1.29 is 19.1 Å². The Labute approximate surface area is 122 Å². The number of carbonyl (C=O) groups excluding carboxylic acids is 3. The zero-order valence-electron chi connectivity index (χ0n) is 11.9. The summed E-state index contributed by atoms with van der Waals surface area (Å²) < 4.78 is 5.25. The van der Waals surface area contributed by atoms with Crippen LogP contribution in [-0.2, 0) is 16.1 Å². The molecule has 2 atom stereocenters. The lowest BCUT2D eigenvalue weighted by atomic mass is 10.00. The van der Waals surface area contributed by atoms with E-state index in [4.69, 9.17) is 4.74 Å². The van der Waals surface area contributed by atoms with Gasteiger partial charge in [0, 0.05) is 11.1 Å². The maximum Gasteiger partial charge on any atom is 0.233 e. The molecule has 0 N–H and O–H groups in total. The van der Waals surface area contributed by atoms with Crippen molar-refractivity contribution in [1.82, 2.24) is 4.90 Å². The first-order valence-electron chi connectivity index (χ1n) is 7.13. The minimum absolute atomic E-state index is 0.0824. The van der Waals surface area contributed by atoms with Crippen molar-refractivity contribution in [3.8, 4) is 5.75 Å². The third-order valence-electron chi connectivity index (χ3n) is 4.45. The van der Waals surface area contributed by atoms with Gasteiger partial charge in [-0.2, -0.15) is 0 Å². The Hall–Kier alpha value is -2.17. The van der Waals surface area contributed by atoms with E-state index in [1.807, 2.05) is 0 Å². The highest BCUT2D eigenvalue weighted by Gasteiger charge is 2.49. The zero-order chi connectivity index (χ0) is 15.0. The van der Waals surface area contributed by atoms with E-state index in [2.05, 4.69) is 0 Å². The molecule has 110 valence electrons. The first-order chi connectivity index (χ1) is 10.2. The van der Waals surface area contributed by atoms with Gasteiger partial charge in [-0.25, -0.2) is 0 Å². The summed E-state index contributed by atoms with van der Waals surface area (Å²) in [6, 6.07) is 5.00. The number of rotatable bonds is 4. The molecule has 2 fully saturated rings. The normalized spacial score (nSPS) is 24.3. The Morgan fingerprint density at radius 3 is 2.48 bits per heavy atom. The van der Waals surface area contributed by atoms with Gasteiger partial charge >= 0.3 is 0 Å². The van der Waals surface area contributed by atoms with Crippen LogP contribution < -0.4 is 4.74 Å². The summed E-state index contributed by atoms with van der Waals surface area (Å²) in [6.07, 6.45) is 3.30. The highest BCUT2D eigenvalue weighted by atomic mass is 16.5. The Morgan fingerprint density at radius 1 is 1.24 bits per heavy atom. The predicted molar refractivity (Wildman–Crippen MR) is 74.8 cm³/mol. The van der Waals surface area contributed by atoms with Crippen LogP contribution in [0.25, 0.3) is 0 Å². The number of methoxy groups -OCH3 is 1. The van der Waals surface area contributed by atoms with Crippen molar-refractivity contribution >= 4 is 18.1 Å². The molecule has 5 nitrogen and oxygen atoms in total. The molecule has 0 bridgehead atoms. The zero-order valence-corrected chi connectivity index (χ0v) is 11.9. The SMILES string of the molecule is COc1ccc(C=O)cc1CN1C(=O)C2CCCC2C1=O. The molecule has 1 aliphatic heterocycles. The molecule has 5 heteroatoms. The Bertz CT molecular complexity index is 588. The van der Waals surface area contributed by atoms with Crippen molar-refractivity contribution in [2.24, 2.45) is 11.8 Å². The van der Waals surface area contributed by atoms with Crippen LogP contribution in [0.15, 0.2) is 18.2 Å². The highest BCUT2D eigenvalue weighted by Crippen LogP contribution is 2.40. The number of benzene rings is 1. The standard InChI is InChI=1S/C16H17NO4/c1-21-14-6-5-10(9-18)7-11(14)8-17-15(19)12-3-2-4-13(12)16(17)20/h5-7,9,12-13H,2-4,8H2,1H3. The largest absolute Gasteiger partial charge is 0.496 e. The van der Waals surface area contributed by atoms with Gasteiger partial charge in [0.15, 0.2) is 0 Å². The fourth-order valence-corrected chi connectivity index (χ4v) is 3.38. The van der Waals surface area contributed by atoms with Crippen LogP contribution in [0.5, 0.6) is 5.75 Å². The van der Waals surface area contributed by atoms with Gasteiger partial charge in [-0.3, -0.25) is 19.3 Å². The summed E-state index contributed by atoms with van der Waals surface area (Å²) in [5.74, 6) is 0.135. The number of likely N-dealkylation sites (tertiary alicyclic amines) is 1. The molecule has 3 rings (SSSR count). The van der Waals surface area contributed by atoms with Crippen molar-refractivity contribution in [3.63, 3.8) is 0 Å². The van der Waals surface area contributed by atoms with Crippen molar-refractivity contribution in [2.75, 3.05) is 7.11 Å². The second-order valence-electron chi connectivity index (χ2n) is 5.60. The minimum Gasteiger partial charge on any atom is -0.496 e. The third-order valence-corrected chi connectivity index (χ3v) is 4.45. The lowest BCUT2D eigenvalue weighted by Crippen LogP contribution is -2.31. The number of carbonyl (C=O) groups is 3. The van der Waals surface area contributed by atoms with Gasteiger partial charge in [0.05, 0.1) is 25.5 Å². The van der Waals surface area contributed by atoms with E-state index >= 15 is 0 Å². The Balaban J connectivity index is 1.88. The highest BCUT2D eigenvalue weighted by molar-refractivity contribution is 6.05. The number of aldehydes is 1. The monoisotopic (exact) mass is 287 g/mol. The summed E-state index contributed by atoms with van der Waals surface area (Å²) in [6.45, 7) is 0.176. The van der Waals surface area contributed by atoms with Crippen LogP contribution in [0.2, 0.25) is 0 Å². The van der Waals surface area contributed by atoms with Crippen LogP contribution in [-0.4, -0.2) is 30.1 Å². The lowest BCUT2D eigenvalue weighted by Gasteiger charge is -2.18. The number of hydrogen-bond acceptors (Lipinski definition) is 4. The molecule has 0 radical (unpaired) electrons. The van der Waals surface area contributed by atoms with Crippen LogP contribution >= 0.6 is 0 Å². The summed E-state index contributed by atoms with van der Waals surface area (Å²) in [5.41, 5.74) is 1.19. The van der Waals surface area contributed by atoms with E-state index in [1.165, 1.54) is 12.0 Å². The molecule has 1 saturated heterocycles. The topological polar surface area (TPSA) is 63.7 Å². The van der Waals surface area contributed by atoms with Crippen LogP contribution in [0, 0.1) is 11.8 Å². The molecule has 0 aromatic heterocycles. The molecule has 21 heavy (non-hydrogen) atoms. The molecule has 2 amide bonds.